The van der Waals surface area contributed by atoms with Gasteiger partial charge in [-0.1, -0.05) is 6.07 Å². The summed E-state index contributed by atoms with van der Waals surface area (Å²) in [4.78, 5) is 25.4. The van der Waals surface area contributed by atoms with Crippen molar-refractivity contribution in [3.63, 3.8) is 0 Å². The highest BCUT2D eigenvalue weighted by Gasteiger charge is 2.20. The third-order valence-electron chi connectivity index (χ3n) is 3.77. The molecule has 0 radical (unpaired) electrons. The molecule has 0 aromatic heterocycles. The minimum Gasteiger partial charge on any atom is -0.481 e. The number of nitro groups is 1. The van der Waals surface area contributed by atoms with Crippen LogP contribution in [-0.2, 0) is 4.79 Å². The summed E-state index contributed by atoms with van der Waals surface area (Å²) < 4.78 is 0. The van der Waals surface area contributed by atoms with Gasteiger partial charge in [-0.05, 0) is 13.0 Å². The van der Waals surface area contributed by atoms with Gasteiger partial charge >= 0.3 is 5.97 Å². The summed E-state index contributed by atoms with van der Waals surface area (Å²) in [6, 6.07) is 5.28. The molecule has 0 bridgehead atoms. The molecule has 0 saturated carbocycles. The van der Waals surface area contributed by atoms with Gasteiger partial charge in [-0.3, -0.25) is 19.8 Å². The number of nitrogens with zero attached hydrogens (tertiary/aromatic N) is 3. The molecule has 0 spiro atoms. The van der Waals surface area contributed by atoms with Crippen molar-refractivity contribution in [3.8, 4) is 0 Å². The lowest BCUT2D eigenvalue weighted by atomic mass is 10.1. The molecule has 1 N–H and O–H groups in total. The average Bonchev–Trinajstić information content (AvgIpc) is 2.46. The highest BCUT2D eigenvalue weighted by molar-refractivity contribution is 5.66. The molecule has 1 aliphatic heterocycles. The molecular formula is C14H19N3O4. The number of carbonyl (C=O) groups is 1. The number of nitro benzene ring substituents is 1. The van der Waals surface area contributed by atoms with Gasteiger partial charge in [-0.2, -0.15) is 0 Å². The molecule has 1 fully saturated rings. The van der Waals surface area contributed by atoms with Gasteiger partial charge in [0, 0.05) is 50.0 Å². The molecule has 1 aromatic rings. The van der Waals surface area contributed by atoms with E-state index in [2.05, 4.69) is 9.80 Å². The van der Waals surface area contributed by atoms with Crippen LogP contribution < -0.4 is 4.90 Å². The van der Waals surface area contributed by atoms with E-state index in [0.29, 0.717) is 12.1 Å². The van der Waals surface area contributed by atoms with Crippen LogP contribution in [0.4, 0.5) is 11.4 Å². The average molecular weight is 293 g/mol. The number of rotatable bonds is 5. The molecule has 0 unspecified atom stereocenters. The van der Waals surface area contributed by atoms with E-state index in [9.17, 15) is 14.9 Å². The van der Waals surface area contributed by atoms with Gasteiger partial charge in [0.2, 0.25) is 0 Å². The molecule has 7 nitrogen and oxygen atoms in total. The van der Waals surface area contributed by atoms with Crippen LogP contribution >= 0.6 is 0 Å². The van der Waals surface area contributed by atoms with E-state index < -0.39 is 5.97 Å². The molecule has 1 aromatic carbocycles. The monoisotopic (exact) mass is 293 g/mol. The first-order valence-electron chi connectivity index (χ1n) is 6.91. The minimum atomic E-state index is -0.786. The summed E-state index contributed by atoms with van der Waals surface area (Å²) in [5, 5.41) is 19.7. The van der Waals surface area contributed by atoms with Gasteiger partial charge in [0.05, 0.1) is 11.3 Å². The number of carboxylic acids is 1. The van der Waals surface area contributed by atoms with Gasteiger partial charge in [0.25, 0.3) is 5.69 Å². The zero-order valence-electron chi connectivity index (χ0n) is 12.0. The number of aryl methyl sites for hydroxylation is 1. The van der Waals surface area contributed by atoms with Crippen LogP contribution in [0.5, 0.6) is 0 Å². The van der Waals surface area contributed by atoms with Crippen molar-refractivity contribution in [2.24, 2.45) is 0 Å². The van der Waals surface area contributed by atoms with Crippen molar-refractivity contribution in [1.82, 2.24) is 4.90 Å². The maximum absolute atomic E-state index is 11.0. The molecule has 7 heteroatoms. The number of aliphatic carboxylic acids is 1. The van der Waals surface area contributed by atoms with Gasteiger partial charge in [-0.15, -0.1) is 0 Å². The molecule has 0 aliphatic carbocycles. The summed E-state index contributed by atoms with van der Waals surface area (Å²) >= 11 is 0. The van der Waals surface area contributed by atoms with Crippen LogP contribution in [0.1, 0.15) is 12.0 Å². The lowest BCUT2D eigenvalue weighted by Gasteiger charge is -2.35. The summed E-state index contributed by atoms with van der Waals surface area (Å²) in [5.74, 6) is -0.786. The van der Waals surface area contributed by atoms with Gasteiger partial charge in [0.15, 0.2) is 0 Å². The molecule has 0 amide bonds. The third-order valence-corrected chi connectivity index (χ3v) is 3.77. The van der Waals surface area contributed by atoms with Crippen LogP contribution in [0.25, 0.3) is 0 Å². The Hall–Kier alpha value is -2.15. The molecule has 2 rings (SSSR count). The van der Waals surface area contributed by atoms with Crippen LogP contribution in [-0.4, -0.2) is 53.6 Å². The Bertz CT molecular complexity index is 539. The fourth-order valence-corrected chi connectivity index (χ4v) is 2.47. The van der Waals surface area contributed by atoms with Crippen LogP contribution in [0.3, 0.4) is 0 Å². The van der Waals surface area contributed by atoms with Crippen molar-refractivity contribution in [1.29, 1.82) is 0 Å². The Morgan fingerprint density at radius 3 is 2.57 bits per heavy atom. The van der Waals surface area contributed by atoms with Gasteiger partial charge in [-0.25, -0.2) is 0 Å². The highest BCUT2D eigenvalue weighted by Crippen LogP contribution is 2.25. The molecule has 114 valence electrons. The number of benzene rings is 1. The van der Waals surface area contributed by atoms with E-state index in [1.54, 1.807) is 19.1 Å². The Labute approximate surface area is 122 Å². The Morgan fingerprint density at radius 2 is 2.00 bits per heavy atom. The van der Waals surface area contributed by atoms with Crippen molar-refractivity contribution >= 4 is 17.3 Å². The van der Waals surface area contributed by atoms with Crippen LogP contribution in [0.2, 0.25) is 0 Å². The molecule has 21 heavy (non-hydrogen) atoms. The highest BCUT2D eigenvalue weighted by atomic mass is 16.6. The topological polar surface area (TPSA) is 86.9 Å². The van der Waals surface area contributed by atoms with Crippen molar-refractivity contribution in [3.05, 3.63) is 33.9 Å². The second kappa shape index (κ2) is 6.53. The number of carboxylic acid groups (broad SMARTS) is 1. The second-order valence-corrected chi connectivity index (χ2v) is 5.20. The zero-order chi connectivity index (χ0) is 15.4. The van der Waals surface area contributed by atoms with E-state index in [0.717, 1.165) is 31.9 Å². The van der Waals surface area contributed by atoms with Crippen molar-refractivity contribution < 1.29 is 14.8 Å². The van der Waals surface area contributed by atoms with Gasteiger partial charge < -0.3 is 10.0 Å². The molecule has 1 heterocycles. The summed E-state index contributed by atoms with van der Waals surface area (Å²) in [6.07, 6.45) is 0.149. The molecule has 1 aliphatic rings. The van der Waals surface area contributed by atoms with E-state index in [1.165, 1.54) is 0 Å². The maximum atomic E-state index is 11.0. The lowest BCUT2D eigenvalue weighted by molar-refractivity contribution is -0.385. The zero-order valence-corrected chi connectivity index (χ0v) is 12.0. The Morgan fingerprint density at radius 1 is 1.33 bits per heavy atom. The molecular weight excluding hydrogens is 274 g/mol. The first kappa shape index (κ1) is 15.2. The lowest BCUT2D eigenvalue weighted by Crippen LogP contribution is -2.46. The van der Waals surface area contributed by atoms with Crippen LogP contribution in [0, 0.1) is 17.0 Å². The fraction of sp³-hybridized carbons (Fsp3) is 0.500. The Balaban J connectivity index is 1.97. The van der Waals surface area contributed by atoms with Crippen LogP contribution in [0.15, 0.2) is 18.2 Å². The molecule has 0 atom stereocenters. The number of hydrogen-bond donors (Lipinski definition) is 1. The number of anilines is 1. The number of piperazine rings is 1. The minimum absolute atomic E-state index is 0.140. The third kappa shape index (κ3) is 3.91. The maximum Gasteiger partial charge on any atom is 0.304 e. The summed E-state index contributed by atoms with van der Waals surface area (Å²) in [5.41, 5.74) is 1.65. The van der Waals surface area contributed by atoms with Crippen molar-refractivity contribution in [2.75, 3.05) is 37.6 Å². The first-order valence-corrected chi connectivity index (χ1v) is 6.91. The summed E-state index contributed by atoms with van der Waals surface area (Å²) in [7, 11) is 0. The summed E-state index contributed by atoms with van der Waals surface area (Å²) in [6.45, 7) is 5.33. The SMILES string of the molecule is Cc1ccc(N2CCN(CCC(=O)O)CC2)cc1[N+](=O)[O-]. The second-order valence-electron chi connectivity index (χ2n) is 5.20. The smallest absolute Gasteiger partial charge is 0.304 e. The van der Waals surface area contributed by atoms with Crippen molar-refractivity contribution in [2.45, 2.75) is 13.3 Å². The quantitative estimate of drug-likeness (QED) is 0.654. The largest absolute Gasteiger partial charge is 0.481 e. The Kier molecular flexibility index (Phi) is 4.74. The normalized spacial score (nSPS) is 16.0. The standard InChI is InChI=1S/C14H19N3O4/c1-11-2-3-12(10-13(11)17(20)21)16-8-6-15(7-9-16)5-4-14(18)19/h2-3,10H,4-9H2,1H3,(H,18,19). The fourth-order valence-electron chi connectivity index (χ4n) is 2.47. The van der Waals surface area contributed by atoms with E-state index in [1.807, 2.05) is 6.07 Å². The van der Waals surface area contributed by atoms with Gasteiger partial charge in [0.1, 0.15) is 0 Å². The predicted molar refractivity (Wildman–Crippen MR) is 78.7 cm³/mol. The molecule has 1 saturated heterocycles. The van der Waals surface area contributed by atoms with E-state index in [4.69, 9.17) is 5.11 Å². The van der Waals surface area contributed by atoms with E-state index in [-0.39, 0.29) is 17.0 Å². The predicted octanol–water partition coefficient (Wildman–Crippen LogP) is 1.50. The first-order chi connectivity index (χ1) is 9.97. The van der Waals surface area contributed by atoms with E-state index >= 15 is 0 Å². The number of hydrogen-bond acceptors (Lipinski definition) is 5.